The number of hydrogen-bond acceptors (Lipinski definition) is 7. The van der Waals surface area contributed by atoms with Crippen LogP contribution in [0.4, 0.5) is 18.9 Å². The molecule has 2 aromatic heterocycles. The Morgan fingerprint density at radius 2 is 1.74 bits per heavy atom. The maximum Gasteiger partial charge on any atom is 0.491 e. The summed E-state index contributed by atoms with van der Waals surface area (Å²) in [5.74, 6) is -4.33. The zero-order valence-electron chi connectivity index (χ0n) is 19.8. The number of fused-ring (bicyclic) bond motifs is 1. The number of H-pyrrole nitrogens is 1. The molecule has 0 aliphatic heterocycles. The smallest absolute Gasteiger partial charge is 0.385 e. The Morgan fingerprint density at radius 1 is 1.00 bits per heavy atom. The van der Waals surface area contributed by atoms with E-state index in [1.54, 1.807) is 30.6 Å². The van der Waals surface area contributed by atoms with Crippen LogP contribution in [0.2, 0.25) is 0 Å². The van der Waals surface area contributed by atoms with Crippen LogP contribution in [0.25, 0.3) is 22.4 Å². The van der Waals surface area contributed by atoms with E-state index >= 15 is 0 Å². The van der Waals surface area contributed by atoms with Gasteiger partial charge in [0.15, 0.2) is 0 Å². The van der Waals surface area contributed by atoms with Crippen molar-refractivity contribution in [1.82, 2.24) is 20.3 Å². The van der Waals surface area contributed by atoms with E-state index < -0.39 is 30.1 Å². The second-order valence-corrected chi connectivity index (χ2v) is 8.22. The molecular formula is C26H22F3N5O4. The van der Waals surface area contributed by atoms with Crippen LogP contribution in [0.1, 0.15) is 23.2 Å². The van der Waals surface area contributed by atoms with Gasteiger partial charge in [0.05, 0.1) is 11.0 Å². The molecule has 0 aliphatic rings. The molecule has 0 spiro atoms. The summed E-state index contributed by atoms with van der Waals surface area (Å²) in [5.41, 5.74) is 2.81. The second kappa shape index (κ2) is 11.5. The quantitative estimate of drug-likeness (QED) is 0.169. The lowest BCUT2D eigenvalue weighted by atomic mass is 10.1. The number of para-hydroxylation sites is 1. The molecule has 12 heteroatoms. The number of imidazole rings is 1. The van der Waals surface area contributed by atoms with Crippen molar-refractivity contribution >= 4 is 34.6 Å². The SMILES string of the molecule is O=C(NC(CCCNc1ccccc1)C(=O)OC(=O)C(F)(F)F)c1ccc2[nH]c(-c3ccncc3)nc2c1. The highest BCUT2D eigenvalue weighted by atomic mass is 19.4. The van der Waals surface area contributed by atoms with E-state index in [1.807, 2.05) is 30.3 Å². The summed E-state index contributed by atoms with van der Waals surface area (Å²) in [6.45, 7) is 0.355. The third-order valence-electron chi connectivity index (χ3n) is 5.49. The fourth-order valence-corrected chi connectivity index (χ4v) is 3.60. The Morgan fingerprint density at radius 3 is 2.45 bits per heavy atom. The van der Waals surface area contributed by atoms with Crippen molar-refractivity contribution in [3.63, 3.8) is 0 Å². The fraction of sp³-hybridized carbons (Fsp3) is 0.192. The highest BCUT2D eigenvalue weighted by Gasteiger charge is 2.43. The number of amides is 1. The number of halogens is 3. The van der Waals surface area contributed by atoms with Crippen molar-refractivity contribution in [3.8, 4) is 11.4 Å². The van der Waals surface area contributed by atoms with E-state index in [0.717, 1.165) is 11.3 Å². The number of carbonyl (C=O) groups is 3. The largest absolute Gasteiger partial charge is 0.491 e. The average molecular weight is 525 g/mol. The van der Waals surface area contributed by atoms with Gasteiger partial charge in [0.1, 0.15) is 11.9 Å². The van der Waals surface area contributed by atoms with Gasteiger partial charge in [-0.05, 0) is 55.3 Å². The Hall–Kier alpha value is -4.74. The van der Waals surface area contributed by atoms with Gasteiger partial charge in [0.2, 0.25) is 0 Å². The summed E-state index contributed by atoms with van der Waals surface area (Å²) in [6, 6.07) is 15.7. The molecule has 196 valence electrons. The molecule has 0 aliphatic carbocycles. The third kappa shape index (κ3) is 6.72. The first-order chi connectivity index (χ1) is 18.2. The molecule has 0 bridgehead atoms. The van der Waals surface area contributed by atoms with Crippen molar-refractivity contribution < 1.29 is 32.3 Å². The summed E-state index contributed by atoms with van der Waals surface area (Å²) < 4.78 is 41.9. The molecule has 9 nitrogen and oxygen atoms in total. The number of nitrogens with zero attached hydrogens (tertiary/aromatic N) is 2. The number of nitrogens with one attached hydrogen (secondary N) is 3. The molecule has 1 atom stereocenters. The van der Waals surface area contributed by atoms with Crippen LogP contribution in [0.15, 0.2) is 73.1 Å². The van der Waals surface area contributed by atoms with Crippen molar-refractivity contribution in [3.05, 3.63) is 78.6 Å². The first-order valence-electron chi connectivity index (χ1n) is 11.5. The zero-order chi connectivity index (χ0) is 27.1. The van der Waals surface area contributed by atoms with E-state index in [1.165, 1.54) is 12.1 Å². The number of esters is 2. The first-order valence-corrected chi connectivity index (χ1v) is 11.5. The number of benzene rings is 2. The number of carbonyl (C=O) groups excluding carboxylic acids is 3. The Bertz CT molecular complexity index is 1430. The van der Waals surface area contributed by atoms with Gasteiger partial charge in [-0.1, -0.05) is 18.2 Å². The van der Waals surface area contributed by atoms with E-state index in [4.69, 9.17) is 0 Å². The molecule has 38 heavy (non-hydrogen) atoms. The number of ether oxygens (including phenoxy) is 1. The normalized spacial score (nSPS) is 12.1. The lowest BCUT2D eigenvalue weighted by Gasteiger charge is -2.18. The fourth-order valence-electron chi connectivity index (χ4n) is 3.60. The Labute approximate surface area is 214 Å². The van der Waals surface area contributed by atoms with Gasteiger partial charge in [0.25, 0.3) is 5.91 Å². The van der Waals surface area contributed by atoms with Gasteiger partial charge in [-0.2, -0.15) is 13.2 Å². The van der Waals surface area contributed by atoms with Crippen molar-refractivity contribution in [1.29, 1.82) is 0 Å². The minimum atomic E-state index is -5.35. The number of hydrogen-bond donors (Lipinski definition) is 3. The maximum atomic E-state index is 12.9. The molecule has 2 heterocycles. The molecule has 0 saturated heterocycles. The minimum Gasteiger partial charge on any atom is -0.385 e. The summed E-state index contributed by atoms with van der Waals surface area (Å²) in [7, 11) is 0. The number of anilines is 1. The van der Waals surface area contributed by atoms with E-state index in [0.29, 0.717) is 23.4 Å². The van der Waals surface area contributed by atoms with Gasteiger partial charge in [0, 0.05) is 35.8 Å². The minimum absolute atomic E-state index is 0.0770. The average Bonchev–Trinajstić information content (AvgIpc) is 3.34. The van der Waals surface area contributed by atoms with E-state index in [2.05, 4.69) is 30.3 Å². The lowest BCUT2D eigenvalue weighted by molar-refractivity contribution is -0.202. The Balaban J connectivity index is 1.46. The molecule has 4 rings (SSSR count). The topological polar surface area (TPSA) is 126 Å². The highest BCUT2D eigenvalue weighted by molar-refractivity contribution is 6.00. The summed E-state index contributed by atoms with van der Waals surface area (Å²) in [4.78, 5) is 48.1. The van der Waals surface area contributed by atoms with Gasteiger partial charge in [-0.3, -0.25) is 9.78 Å². The summed E-state index contributed by atoms with van der Waals surface area (Å²) in [6.07, 6.45) is -1.93. The van der Waals surface area contributed by atoms with Crippen molar-refractivity contribution in [2.75, 3.05) is 11.9 Å². The highest BCUT2D eigenvalue weighted by Crippen LogP contribution is 2.21. The van der Waals surface area contributed by atoms with Crippen LogP contribution < -0.4 is 10.6 Å². The predicted octanol–water partition coefficient (Wildman–Crippen LogP) is 4.25. The van der Waals surface area contributed by atoms with E-state index in [9.17, 15) is 27.6 Å². The zero-order valence-corrected chi connectivity index (χ0v) is 19.8. The van der Waals surface area contributed by atoms with Gasteiger partial charge < -0.3 is 20.4 Å². The summed E-state index contributed by atoms with van der Waals surface area (Å²) >= 11 is 0. The number of aromatic amines is 1. The van der Waals surface area contributed by atoms with Gasteiger partial charge >= 0.3 is 18.1 Å². The van der Waals surface area contributed by atoms with Crippen LogP contribution in [0.3, 0.4) is 0 Å². The summed E-state index contributed by atoms with van der Waals surface area (Å²) in [5, 5.41) is 5.48. The molecule has 1 unspecified atom stereocenters. The van der Waals surface area contributed by atoms with Gasteiger partial charge in [-0.15, -0.1) is 0 Å². The maximum absolute atomic E-state index is 12.9. The van der Waals surface area contributed by atoms with Crippen molar-refractivity contribution in [2.45, 2.75) is 25.1 Å². The van der Waals surface area contributed by atoms with Gasteiger partial charge in [-0.25, -0.2) is 14.6 Å². The molecule has 0 saturated carbocycles. The van der Waals surface area contributed by atoms with Crippen LogP contribution in [-0.2, 0) is 14.3 Å². The Kier molecular flexibility index (Phi) is 8.00. The molecule has 2 aromatic carbocycles. The second-order valence-electron chi connectivity index (χ2n) is 8.22. The molecule has 3 N–H and O–H groups in total. The molecule has 0 radical (unpaired) electrons. The van der Waals surface area contributed by atoms with Crippen LogP contribution in [-0.4, -0.2) is 51.6 Å². The van der Waals surface area contributed by atoms with Crippen LogP contribution >= 0.6 is 0 Å². The number of alkyl halides is 3. The van der Waals surface area contributed by atoms with Crippen LogP contribution in [0.5, 0.6) is 0 Å². The predicted molar refractivity (Wildman–Crippen MR) is 132 cm³/mol. The number of rotatable bonds is 9. The van der Waals surface area contributed by atoms with E-state index in [-0.39, 0.29) is 18.4 Å². The standard InChI is InChI=1S/C26H22F3N5O4/c27-26(28,29)25(37)38-24(36)20(7-4-12-31-18-5-2-1-3-6-18)34-23(35)17-8-9-19-21(15-17)33-22(32-19)16-10-13-30-14-11-16/h1-3,5-6,8-11,13-15,20,31H,4,7,12H2,(H,32,33)(H,34,35). The third-order valence-corrected chi connectivity index (χ3v) is 5.49. The molecule has 1 amide bonds. The molecule has 4 aromatic rings. The first kappa shape index (κ1) is 26.3. The van der Waals surface area contributed by atoms with Crippen molar-refractivity contribution in [2.24, 2.45) is 0 Å². The molecular weight excluding hydrogens is 503 g/mol. The lowest BCUT2D eigenvalue weighted by Crippen LogP contribution is -2.44. The monoisotopic (exact) mass is 525 g/mol. The number of pyridine rings is 1. The molecule has 0 fully saturated rings. The number of aromatic nitrogens is 3. The van der Waals surface area contributed by atoms with Crippen LogP contribution in [0, 0.1) is 0 Å².